The highest BCUT2D eigenvalue weighted by Crippen LogP contribution is 2.45. The van der Waals surface area contributed by atoms with E-state index in [0.29, 0.717) is 11.0 Å². The summed E-state index contributed by atoms with van der Waals surface area (Å²) >= 11 is 3.36. The molecule has 1 aromatic carbocycles. The smallest absolute Gasteiger partial charge is 0.137 e. The lowest BCUT2D eigenvalue weighted by atomic mass is 9.79. The Balaban J connectivity index is 2.18. The maximum atomic E-state index is 13.5. The molecule has 0 heterocycles. The Hall–Kier alpha value is -0.410. The van der Waals surface area contributed by atoms with Crippen molar-refractivity contribution < 1.29 is 4.39 Å². The standard InChI is InChI=1S/C15H21BrFN/c1-2-11-6-7-15(8-11,10-18)9-12-4-3-5-13(17)14(12)16/h3-5,11H,2,6-10,18H2,1H3. The lowest BCUT2D eigenvalue weighted by Gasteiger charge is -2.28. The molecule has 1 aliphatic carbocycles. The van der Waals surface area contributed by atoms with Crippen LogP contribution in [0.2, 0.25) is 0 Å². The lowest BCUT2D eigenvalue weighted by molar-refractivity contribution is 0.290. The molecule has 0 radical (unpaired) electrons. The fraction of sp³-hybridized carbons (Fsp3) is 0.600. The predicted molar refractivity (Wildman–Crippen MR) is 76.9 cm³/mol. The van der Waals surface area contributed by atoms with Gasteiger partial charge < -0.3 is 5.73 Å². The Morgan fingerprint density at radius 2 is 2.28 bits per heavy atom. The highest BCUT2D eigenvalue weighted by molar-refractivity contribution is 9.10. The quantitative estimate of drug-likeness (QED) is 0.881. The van der Waals surface area contributed by atoms with Crippen molar-refractivity contribution in [1.29, 1.82) is 0 Å². The van der Waals surface area contributed by atoms with E-state index in [4.69, 9.17) is 5.73 Å². The van der Waals surface area contributed by atoms with Crippen LogP contribution in [0, 0.1) is 17.2 Å². The average Bonchev–Trinajstić information content (AvgIpc) is 2.79. The van der Waals surface area contributed by atoms with Gasteiger partial charge in [-0.25, -0.2) is 4.39 Å². The van der Waals surface area contributed by atoms with E-state index in [1.54, 1.807) is 6.07 Å². The predicted octanol–water partition coefficient (Wildman–Crippen LogP) is 4.29. The topological polar surface area (TPSA) is 26.0 Å². The van der Waals surface area contributed by atoms with Crippen LogP contribution in [-0.2, 0) is 6.42 Å². The van der Waals surface area contributed by atoms with Crippen LogP contribution in [0.3, 0.4) is 0 Å². The molecule has 2 N–H and O–H groups in total. The number of hydrogen-bond donors (Lipinski definition) is 1. The van der Waals surface area contributed by atoms with Crippen molar-refractivity contribution in [2.45, 2.75) is 39.0 Å². The first-order valence-corrected chi connectivity index (χ1v) is 7.52. The molecule has 1 aliphatic rings. The van der Waals surface area contributed by atoms with Gasteiger partial charge in [0.15, 0.2) is 0 Å². The van der Waals surface area contributed by atoms with Gasteiger partial charge in [-0.1, -0.05) is 25.5 Å². The molecule has 1 aromatic rings. The van der Waals surface area contributed by atoms with Crippen LogP contribution in [0.15, 0.2) is 22.7 Å². The maximum absolute atomic E-state index is 13.5. The zero-order valence-corrected chi connectivity index (χ0v) is 12.5. The van der Waals surface area contributed by atoms with Gasteiger partial charge in [-0.15, -0.1) is 0 Å². The Bertz CT molecular complexity index is 421. The van der Waals surface area contributed by atoms with Crippen LogP contribution in [0.25, 0.3) is 0 Å². The minimum Gasteiger partial charge on any atom is -0.330 e. The number of halogens is 2. The first-order valence-electron chi connectivity index (χ1n) is 6.73. The molecule has 0 aromatic heterocycles. The fourth-order valence-electron chi connectivity index (χ4n) is 3.18. The van der Waals surface area contributed by atoms with E-state index in [9.17, 15) is 4.39 Å². The van der Waals surface area contributed by atoms with E-state index < -0.39 is 0 Å². The molecule has 2 unspecified atom stereocenters. The van der Waals surface area contributed by atoms with Gasteiger partial charge in [0.1, 0.15) is 5.82 Å². The molecule has 100 valence electrons. The van der Waals surface area contributed by atoms with E-state index in [0.717, 1.165) is 17.9 Å². The van der Waals surface area contributed by atoms with E-state index >= 15 is 0 Å². The van der Waals surface area contributed by atoms with E-state index in [1.165, 1.54) is 31.7 Å². The van der Waals surface area contributed by atoms with Gasteiger partial charge in [-0.3, -0.25) is 0 Å². The van der Waals surface area contributed by atoms with Crippen LogP contribution in [0.1, 0.15) is 38.2 Å². The van der Waals surface area contributed by atoms with E-state index in [2.05, 4.69) is 22.9 Å². The molecule has 0 spiro atoms. The summed E-state index contributed by atoms with van der Waals surface area (Å²) < 4.78 is 14.2. The molecular formula is C15H21BrFN. The number of nitrogens with two attached hydrogens (primary N) is 1. The van der Waals surface area contributed by atoms with Crippen molar-refractivity contribution in [3.63, 3.8) is 0 Å². The largest absolute Gasteiger partial charge is 0.330 e. The van der Waals surface area contributed by atoms with E-state index in [1.807, 2.05) is 6.07 Å². The second-order valence-corrected chi connectivity index (χ2v) is 6.40. The number of rotatable bonds is 4. The van der Waals surface area contributed by atoms with Crippen LogP contribution in [0.4, 0.5) is 4.39 Å². The van der Waals surface area contributed by atoms with Gasteiger partial charge in [0.25, 0.3) is 0 Å². The summed E-state index contributed by atoms with van der Waals surface area (Å²) in [4.78, 5) is 0. The van der Waals surface area contributed by atoms with Gasteiger partial charge >= 0.3 is 0 Å². The van der Waals surface area contributed by atoms with Crippen molar-refractivity contribution in [1.82, 2.24) is 0 Å². The van der Waals surface area contributed by atoms with Crippen molar-refractivity contribution >= 4 is 15.9 Å². The fourth-order valence-corrected chi connectivity index (χ4v) is 3.59. The maximum Gasteiger partial charge on any atom is 0.137 e. The van der Waals surface area contributed by atoms with Gasteiger partial charge in [-0.05, 0) is 71.1 Å². The molecule has 0 aliphatic heterocycles. The first-order chi connectivity index (χ1) is 8.60. The molecule has 0 saturated heterocycles. The molecule has 1 fully saturated rings. The van der Waals surface area contributed by atoms with Gasteiger partial charge in [0.05, 0.1) is 4.47 Å². The molecule has 0 amide bonds. The average molecular weight is 314 g/mol. The normalized spacial score (nSPS) is 27.7. The van der Waals surface area contributed by atoms with Crippen LogP contribution >= 0.6 is 15.9 Å². The third-order valence-electron chi connectivity index (χ3n) is 4.41. The second-order valence-electron chi connectivity index (χ2n) is 5.61. The highest BCUT2D eigenvalue weighted by atomic mass is 79.9. The molecule has 2 rings (SSSR count). The molecule has 2 atom stereocenters. The summed E-state index contributed by atoms with van der Waals surface area (Å²) in [7, 11) is 0. The lowest BCUT2D eigenvalue weighted by Crippen LogP contribution is -2.30. The minimum absolute atomic E-state index is 0.176. The number of benzene rings is 1. The molecule has 1 saturated carbocycles. The summed E-state index contributed by atoms with van der Waals surface area (Å²) in [5.41, 5.74) is 7.24. The monoisotopic (exact) mass is 313 g/mol. The third kappa shape index (κ3) is 2.77. The van der Waals surface area contributed by atoms with Crippen molar-refractivity contribution in [2.75, 3.05) is 6.54 Å². The van der Waals surface area contributed by atoms with Crippen LogP contribution in [-0.4, -0.2) is 6.54 Å². The highest BCUT2D eigenvalue weighted by Gasteiger charge is 2.37. The zero-order chi connectivity index (χ0) is 13.2. The first kappa shape index (κ1) is 14.0. The Morgan fingerprint density at radius 3 is 2.89 bits per heavy atom. The molecule has 18 heavy (non-hydrogen) atoms. The number of hydrogen-bond acceptors (Lipinski definition) is 1. The van der Waals surface area contributed by atoms with E-state index in [-0.39, 0.29) is 11.2 Å². The van der Waals surface area contributed by atoms with Gasteiger partial charge in [0, 0.05) is 0 Å². The van der Waals surface area contributed by atoms with Crippen LogP contribution < -0.4 is 5.73 Å². The molecule has 0 bridgehead atoms. The third-order valence-corrected chi connectivity index (χ3v) is 5.30. The van der Waals surface area contributed by atoms with Crippen LogP contribution in [0.5, 0.6) is 0 Å². The summed E-state index contributed by atoms with van der Waals surface area (Å²) in [6, 6.07) is 5.28. The van der Waals surface area contributed by atoms with Crippen molar-refractivity contribution in [3.8, 4) is 0 Å². The summed E-state index contributed by atoms with van der Waals surface area (Å²) in [6.07, 6.45) is 5.74. The van der Waals surface area contributed by atoms with Gasteiger partial charge in [0.2, 0.25) is 0 Å². The van der Waals surface area contributed by atoms with Gasteiger partial charge in [-0.2, -0.15) is 0 Å². The molecule has 3 heteroatoms. The summed E-state index contributed by atoms with van der Waals surface area (Å²) in [6.45, 7) is 2.95. The van der Waals surface area contributed by atoms with Crippen molar-refractivity contribution in [2.24, 2.45) is 17.1 Å². The molecule has 1 nitrogen and oxygen atoms in total. The Morgan fingerprint density at radius 1 is 1.50 bits per heavy atom. The van der Waals surface area contributed by atoms with Crippen molar-refractivity contribution in [3.05, 3.63) is 34.1 Å². The minimum atomic E-state index is -0.176. The summed E-state index contributed by atoms with van der Waals surface area (Å²) in [5.74, 6) is 0.616. The Labute approximate surface area is 117 Å². The SMILES string of the molecule is CCC1CCC(CN)(Cc2cccc(F)c2Br)C1. The zero-order valence-electron chi connectivity index (χ0n) is 10.9. The second kappa shape index (κ2) is 5.70. The summed E-state index contributed by atoms with van der Waals surface area (Å²) in [5, 5.41) is 0. The Kier molecular flexibility index (Phi) is 4.44. The molecular weight excluding hydrogens is 293 g/mol.